The van der Waals surface area contributed by atoms with Crippen LogP contribution < -0.4 is 5.32 Å². The van der Waals surface area contributed by atoms with Crippen molar-refractivity contribution >= 4 is 11.6 Å². The zero-order valence-electron chi connectivity index (χ0n) is 8.92. The molecule has 0 saturated carbocycles. The van der Waals surface area contributed by atoms with Gasteiger partial charge in [-0.3, -0.25) is 9.20 Å². The first-order valence-corrected chi connectivity index (χ1v) is 5.06. The molecule has 0 spiro atoms. The normalized spacial score (nSPS) is 12.6. The third-order valence-corrected chi connectivity index (χ3v) is 2.30. The fraction of sp³-hybridized carbons (Fsp3) is 0.273. The van der Waals surface area contributed by atoms with Crippen molar-refractivity contribution < 1.29 is 9.90 Å². The molecule has 0 aromatic carbocycles. The van der Waals surface area contributed by atoms with E-state index in [1.807, 2.05) is 18.2 Å². The molecule has 1 amide bonds. The fourth-order valence-electron chi connectivity index (χ4n) is 1.44. The van der Waals surface area contributed by atoms with E-state index in [-0.39, 0.29) is 18.6 Å². The van der Waals surface area contributed by atoms with Gasteiger partial charge in [0.05, 0.1) is 12.8 Å². The van der Waals surface area contributed by atoms with Gasteiger partial charge in [-0.2, -0.15) is 0 Å². The number of amides is 1. The van der Waals surface area contributed by atoms with Crippen LogP contribution in [0.25, 0.3) is 5.65 Å². The van der Waals surface area contributed by atoms with Gasteiger partial charge >= 0.3 is 0 Å². The van der Waals surface area contributed by atoms with Gasteiger partial charge in [0.1, 0.15) is 11.3 Å². The van der Waals surface area contributed by atoms with Gasteiger partial charge in [-0.15, -0.1) is 0 Å². The zero-order valence-corrected chi connectivity index (χ0v) is 8.92. The quantitative estimate of drug-likeness (QED) is 0.787. The van der Waals surface area contributed by atoms with Crippen LogP contribution in [0.4, 0.5) is 0 Å². The predicted octanol–water partition coefficient (Wildman–Crippen LogP) is 0.445. The number of imidazole rings is 1. The molecular weight excluding hydrogens is 206 g/mol. The molecule has 0 saturated heterocycles. The molecule has 16 heavy (non-hydrogen) atoms. The van der Waals surface area contributed by atoms with Crippen molar-refractivity contribution in [3.05, 3.63) is 36.3 Å². The molecule has 2 aromatic rings. The van der Waals surface area contributed by atoms with Gasteiger partial charge in [-0.05, 0) is 19.1 Å². The number of carbonyl (C=O) groups excluding carboxylic acids is 1. The van der Waals surface area contributed by atoms with E-state index in [1.54, 1.807) is 17.5 Å². The van der Waals surface area contributed by atoms with E-state index in [9.17, 15) is 4.79 Å². The number of aliphatic hydroxyl groups excluding tert-OH is 1. The summed E-state index contributed by atoms with van der Waals surface area (Å²) >= 11 is 0. The highest BCUT2D eigenvalue weighted by Crippen LogP contribution is 2.05. The van der Waals surface area contributed by atoms with Crippen LogP contribution in [0.5, 0.6) is 0 Å². The van der Waals surface area contributed by atoms with Gasteiger partial charge in [0.2, 0.25) is 0 Å². The van der Waals surface area contributed by atoms with Crippen LogP contribution in [0.3, 0.4) is 0 Å². The van der Waals surface area contributed by atoms with Crippen molar-refractivity contribution in [2.45, 2.75) is 13.0 Å². The largest absolute Gasteiger partial charge is 0.394 e. The van der Waals surface area contributed by atoms with Gasteiger partial charge in [0.15, 0.2) is 0 Å². The minimum absolute atomic E-state index is 0.0809. The molecule has 1 atom stereocenters. The van der Waals surface area contributed by atoms with E-state index < -0.39 is 0 Å². The highest BCUT2D eigenvalue weighted by molar-refractivity contribution is 5.93. The molecule has 84 valence electrons. The van der Waals surface area contributed by atoms with Crippen molar-refractivity contribution in [3.8, 4) is 0 Å². The van der Waals surface area contributed by atoms with E-state index in [2.05, 4.69) is 10.3 Å². The Labute approximate surface area is 92.7 Å². The number of rotatable bonds is 3. The predicted molar refractivity (Wildman–Crippen MR) is 59.2 cm³/mol. The summed E-state index contributed by atoms with van der Waals surface area (Å²) < 4.78 is 1.71. The summed E-state index contributed by atoms with van der Waals surface area (Å²) in [4.78, 5) is 15.9. The number of aromatic nitrogens is 2. The molecule has 0 aliphatic rings. The lowest BCUT2D eigenvalue weighted by Crippen LogP contribution is -2.35. The average Bonchev–Trinajstić information content (AvgIpc) is 2.72. The Morgan fingerprint density at radius 3 is 3.19 bits per heavy atom. The molecule has 2 rings (SSSR count). The minimum atomic E-state index is -0.262. The summed E-state index contributed by atoms with van der Waals surface area (Å²) in [5.74, 6) is -0.236. The summed E-state index contributed by atoms with van der Waals surface area (Å²) in [5.41, 5.74) is 1.19. The second-order valence-electron chi connectivity index (χ2n) is 3.63. The first kappa shape index (κ1) is 10.6. The summed E-state index contributed by atoms with van der Waals surface area (Å²) in [7, 11) is 0. The Bertz CT molecular complexity index is 507. The van der Waals surface area contributed by atoms with Crippen molar-refractivity contribution in [3.63, 3.8) is 0 Å². The molecule has 2 N–H and O–H groups in total. The molecular formula is C11H13N3O2. The standard InChI is InChI=1S/C11H13N3O2/c1-8(7-15)13-11(16)9-6-12-10-4-2-3-5-14(9)10/h2-6,8,15H,7H2,1H3,(H,13,16). The van der Waals surface area contributed by atoms with Crippen molar-refractivity contribution in [1.29, 1.82) is 0 Å². The van der Waals surface area contributed by atoms with Gasteiger partial charge in [0.25, 0.3) is 5.91 Å². The van der Waals surface area contributed by atoms with Crippen LogP contribution >= 0.6 is 0 Å². The topological polar surface area (TPSA) is 66.6 Å². The van der Waals surface area contributed by atoms with E-state index in [4.69, 9.17) is 5.11 Å². The lowest BCUT2D eigenvalue weighted by Gasteiger charge is -2.09. The monoisotopic (exact) mass is 219 g/mol. The zero-order chi connectivity index (χ0) is 11.5. The van der Waals surface area contributed by atoms with Crippen LogP contribution in [0.15, 0.2) is 30.6 Å². The number of carbonyl (C=O) groups is 1. The first-order valence-electron chi connectivity index (χ1n) is 5.06. The van der Waals surface area contributed by atoms with Crippen molar-refractivity contribution in [2.24, 2.45) is 0 Å². The van der Waals surface area contributed by atoms with E-state index in [0.29, 0.717) is 5.69 Å². The second-order valence-corrected chi connectivity index (χ2v) is 3.63. The number of pyridine rings is 1. The number of hydrogen-bond acceptors (Lipinski definition) is 3. The minimum Gasteiger partial charge on any atom is -0.394 e. The van der Waals surface area contributed by atoms with Gasteiger partial charge in [-0.25, -0.2) is 4.98 Å². The fourth-order valence-corrected chi connectivity index (χ4v) is 1.44. The Morgan fingerprint density at radius 1 is 1.62 bits per heavy atom. The van der Waals surface area contributed by atoms with Crippen LogP contribution in [-0.4, -0.2) is 33.0 Å². The molecule has 1 unspecified atom stereocenters. The Kier molecular flexibility index (Phi) is 2.87. The maximum Gasteiger partial charge on any atom is 0.270 e. The molecule has 2 aromatic heterocycles. The molecule has 0 aliphatic heterocycles. The van der Waals surface area contributed by atoms with Crippen molar-refractivity contribution in [2.75, 3.05) is 6.61 Å². The van der Waals surface area contributed by atoms with Crippen LogP contribution in [-0.2, 0) is 0 Å². The average molecular weight is 219 g/mol. The van der Waals surface area contributed by atoms with Gasteiger partial charge in [-0.1, -0.05) is 6.07 Å². The lowest BCUT2D eigenvalue weighted by molar-refractivity contribution is 0.0916. The third kappa shape index (κ3) is 1.90. The molecule has 0 fully saturated rings. The Hall–Kier alpha value is -1.88. The molecule has 0 aliphatic carbocycles. The first-order chi connectivity index (χ1) is 7.72. The number of fused-ring (bicyclic) bond motifs is 1. The summed E-state index contributed by atoms with van der Waals surface area (Å²) in [5, 5.41) is 11.5. The molecule has 0 radical (unpaired) electrons. The summed E-state index contributed by atoms with van der Waals surface area (Å²) in [6.07, 6.45) is 3.30. The highest BCUT2D eigenvalue weighted by Gasteiger charge is 2.13. The lowest BCUT2D eigenvalue weighted by atomic mass is 10.3. The van der Waals surface area contributed by atoms with E-state index in [0.717, 1.165) is 5.65 Å². The Balaban J connectivity index is 2.30. The van der Waals surface area contributed by atoms with Crippen LogP contribution in [0.1, 0.15) is 17.4 Å². The van der Waals surface area contributed by atoms with Crippen LogP contribution in [0, 0.1) is 0 Å². The smallest absolute Gasteiger partial charge is 0.270 e. The van der Waals surface area contributed by atoms with E-state index >= 15 is 0 Å². The maximum absolute atomic E-state index is 11.8. The number of nitrogens with one attached hydrogen (secondary N) is 1. The third-order valence-electron chi connectivity index (χ3n) is 2.30. The molecule has 5 heteroatoms. The second kappa shape index (κ2) is 4.32. The van der Waals surface area contributed by atoms with E-state index in [1.165, 1.54) is 6.20 Å². The number of hydrogen-bond donors (Lipinski definition) is 2. The highest BCUT2D eigenvalue weighted by atomic mass is 16.3. The van der Waals surface area contributed by atoms with Gasteiger partial charge in [0, 0.05) is 12.2 Å². The van der Waals surface area contributed by atoms with Gasteiger partial charge < -0.3 is 10.4 Å². The van der Waals surface area contributed by atoms with Crippen LogP contribution in [0.2, 0.25) is 0 Å². The van der Waals surface area contributed by atoms with Crippen molar-refractivity contribution in [1.82, 2.24) is 14.7 Å². The summed E-state index contributed by atoms with van der Waals surface area (Å²) in [6, 6.07) is 5.26. The molecule has 5 nitrogen and oxygen atoms in total. The summed E-state index contributed by atoms with van der Waals surface area (Å²) in [6.45, 7) is 1.66. The Morgan fingerprint density at radius 2 is 2.44 bits per heavy atom. The number of aliphatic hydroxyl groups is 1. The maximum atomic E-state index is 11.8. The molecule has 2 heterocycles. The SMILES string of the molecule is CC(CO)NC(=O)c1cnc2ccccn12. The molecule has 0 bridgehead atoms. The number of nitrogens with zero attached hydrogens (tertiary/aromatic N) is 2.